The average molecular weight is 411 g/mol. The number of rotatable bonds is 7. The molecular weight excluding hydrogens is 384 g/mol. The third-order valence-electron chi connectivity index (χ3n) is 5.52. The quantitative estimate of drug-likeness (QED) is 0.646. The second-order valence-electron chi connectivity index (χ2n) is 7.60. The van der Waals surface area contributed by atoms with Crippen molar-refractivity contribution in [3.8, 4) is 5.69 Å². The number of nitrogens with zero attached hydrogens (tertiary/aromatic N) is 4. The van der Waals surface area contributed by atoms with Crippen molar-refractivity contribution >= 4 is 11.6 Å². The first-order valence-electron chi connectivity index (χ1n) is 10.1. The highest BCUT2D eigenvalue weighted by Crippen LogP contribution is 2.21. The van der Waals surface area contributed by atoms with Crippen LogP contribution in [0.25, 0.3) is 5.69 Å². The van der Waals surface area contributed by atoms with E-state index in [0.717, 1.165) is 44.8 Å². The first-order chi connectivity index (χ1) is 14.2. The molecule has 1 atom stereocenters. The summed E-state index contributed by atoms with van der Waals surface area (Å²) in [6, 6.07) is 18.7. The Labute approximate surface area is 177 Å². The number of aliphatic hydroxyl groups is 1. The molecule has 4 rings (SSSR count). The first-order valence-corrected chi connectivity index (χ1v) is 10.5. The van der Waals surface area contributed by atoms with Crippen LogP contribution in [0.5, 0.6) is 0 Å². The molecule has 0 amide bonds. The fraction of sp³-hybridized carbons (Fsp3) is 0.348. The normalized spacial score (nSPS) is 18.2. The van der Waals surface area contributed by atoms with Gasteiger partial charge in [-0.1, -0.05) is 54.1 Å². The average Bonchev–Trinajstić information content (AvgIpc) is 3.19. The van der Waals surface area contributed by atoms with Crippen LogP contribution >= 0.6 is 11.6 Å². The SMILES string of the molecule is OCC[C@@H]1CN(Cc2cnn(-c3ccccc3Cl)c2)CCN1Cc1ccccc1. The van der Waals surface area contributed by atoms with E-state index >= 15 is 0 Å². The van der Waals surface area contributed by atoms with Crippen LogP contribution in [0.15, 0.2) is 67.0 Å². The molecule has 1 aliphatic heterocycles. The lowest BCUT2D eigenvalue weighted by Crippen LogP contribution is -2.52. The van der Waals surface area contributed by atoms with E-state index in [1.165, 1.54) is 11.1 Å². The Morgan fingerprint density at radius 3 is 2.55 bits per heavy atom. The van der Waals surface area contributed by atoms with Gasteiger partial charge in [0.25, 0.3) is 0 Å². The maximum atomic E-state index is 9.56. The van der Waals surface area contributed by atoms with Gasteiger partial charge in [-0.25, -0.2) is 4.68 Å². The fourth-order valence-corrected chi connectivity index (χ4v) is 4.24. The maximum absolute atomic E-state index is 9.56. The summed E-state index contributed by atoms with van der Waals surface area (Å²) in [7, 11) is 0. The third-order valence-corrected chi connectivity index (χ3v) is 5.84. The molecule has 0 bridgehead atoms. The number of piperazine rings is 1. The summed E-state index contributed by atoms with van der Waals surface area (Å²) in [4.78, 5) is 4.95. The lowest BCUT2D eigenvalue weighted by atomic mass is 10.1. The van der Waals surface area contributed by atoms with E-state index in [4.69, 9.17) is 11.6 Å². The molecule has 1 fully saturated rings. The molecule has 1 aromatic heterocycles. The second-order valence-corrected chi connectivity index (χ2v) is 8.01. The van der Waals surface area contributed by atoms with Crippen LogP contribution in [-0.2, 0) is 13.1 Å². The van der Waals surface area contributed by atoms with Gasteiger partial charge in [-0.2, -0.15) is 5.10 Å². The Morgan fingerprint density at radius 2 is 1.76 bits per heavy atom. The summed E-state index contributed by atoms with van der Waals surface area (Å²) >= 11 is 6.30. The zero-order valence-electron chi connectivity index (χ0n) is 16.5. The van der Waals surface area contributed by atoms with Crippen LogP contribution in [0.4, 0.5) is 0 Å². The zero-order chi connectivity index (χ0) is 20.1. The summed E-state index contributed by atoms with van der Waals surface area (Å²) in [5, 5.41) is 14.8. The molecule has 2 aromatic carbocycles. The molecule has 6 heteroatoms. The fourth-order valence-electron chi connectivity index (χ4n) is 4.02. The molecule has 29 heavy (non-hydrogen) atoms. The molecule has 0 spiro atoms. The van der Waals surface area contributed by atoms with Gasteiger partial charge in [0.05, 0.1) is 16.9 Å². The molecule has 2 heterocycles. The monoisotopic (exact) mass is 410 g/mol. The van der Waals surface area contributed by atoms with Gasteiger partial charge in [-0.05, 0) is 24.1 Å². The lowest BCUT2D eigenvalue weighted by Gasteiger charge is -2.41. The molecule has 3 aromatic rings. The summed E-state index contributed by atoms with van der Waals surface area (Å²) in [5.41, 5.74) is 3.39. The number of hydrogen-bond donors (Lipinski definition) is 1. The van der Waals surface area contributed by atoms with E-state index in [-0.39, 0.29) is 6.61 Å². The standard InChI is InChI=1S/C23H27ClN4O/c24-22-8-4-5-9-23(22)28-17-20(14-25-28)15-26-11-12-27(21(18-26)10-13-29)16-19-6-2-1-3-7-19/h1-9,14,17,21,29H,10-13,15-16,18H2/t21-/m1/s1. The molecule has 5 nitrogen and oxygen atoms in total. The topological polar surface area (TPSA) is 44.5 Å². The molecule has 0 unspecified atom stereocenters. The largest absolute Gasteiger partial charge is 0.396 e. The van der Waals surface area contributed by atoms with Crippen molar-refractivity contribution in [2.45, 2.75) is 25.6 Å². The molecular formula is C23H27ClN4O. The number of hydrogen-bond acceptors (Lipinski definition) is 4. The van der Waals surface area contributed by atoms with Crippen molar-refractivity contribution in [2.24, 2.45) is 0 Å². The third kappa shape index (κ3) is 5.06. The Bertz CT molecular complexity index is 914. The van der Waals surface area contributed by atoms with Crippen molar-refractivity contribution in [2.75, 3.05) is 26.2 Å². The van der Waals surface area contributed by atoms with Gasteiger partial charge in [0.15, 0.2) is 0 Å². The number of aromatic nitrogens is 2. The summed E-state index contributed by atoms with van der Waals surface area (Å²) in [6.45, 7) is 4.96. The Kier molecular flexibility index (Phi) is 6.62. The maximum Gasteiger partial charge on any atom is 0.0831 e. The minimum Gasteiger partial charge on any atom is -0.396 e. The summed E-state index contributed by atoms with van der Waals surface area (Å²) in [5.74, 6) is 0. The van der Waals surface area contributed by atoms with E-state index in [9.17, 15) is 5.11 Å². The Balaban J connectivity index is 1.40. The van der Waals surface area contributed by atoms with Crippen LogP contribution in [0.1, 0.15) is 17.5 Å². The van der Waals surface area contributed by atoms with Gasteiger partial charge in [-0.3, -0.25) is 9.80 Å². The predicted octanol–water partition coefficient (Wildman–Crippen LogP) is 3.59. The van der Waals surface area contributed by atoms with Crippen LogP contribution in [0.3, 0.4) is 0 Å². The first kappa shape index (κ1) is 20.1. The highest BCUT2D eigenvalue weighted by molar-refractivity contribution is 6.32. The molecule has 1 saturated heterocycles. The van der Waals surface area contributed by atoms with Crippen molar-refractivity contribution in [3.05, 3.63) is 83.1 Å². The van der Waals surface area contributed by atoms with E-state index in [0.29, 0.717) is 11.1 Å². The number of aliphatic hydroxyl groups excluding tert-OH is 1. The van der Waals surface area contributed by atoms with E-state index < -0.39 is 0 Å². The van der Waals surface area contributed by atoms with Crippen molar-refractivity contribution in [3.63, 3.8) is 0 Å². The van der Waals surface area contributed by atoms with Crippen molar-refractivity contribution in [1.82, 2.24) is 19.6 Å². The molecule has 1 N–H and O–H groups in total. The zero-order valence-corrected chi connectivity index (χ0v) is 17.2. The number of benzene rings is 2. The van der Waals surface area contributed by atoms with Crippen molar-refractivity contribution < 1.29 is 5.11 Å². The highest BCUT2D eigenvalue weighted by atomic mass is 35.5. The van der Waals surface area contributed by atoms with Gasteiger partial charge in [0.1, 0.15) is 0 Å². The van der Waals surface area contributed by atoms with E-state index in [1.54, 1.807) is 0 Å². The van der Waals surface area contributed by atoms with Gasteiger partial charge < -0.3 is 5.11 Å². The van der Waals surface area contributed by atoms with Gasteiger partial charge in [0.2, 0.25) is 0 Å². The molecule has 0 aliphatic carbocycles. The molecule has 0 saturated carbocycles. The minimum atomic E-state index is 0.217. The lowest BCUT2D eigenvalue weighted by molar-refractivity contribution is 0.0500. The Hall–Kier alpha value is -2.18. The molecule has 1 aliphatic rings. The van der Waals surface area contributed by atoms with Crippen LogP contribution in [0, 0.1) is 0 Å². The van der Waals surface area contributed by atoms with Crippen LogP contribution in [0.2, 0.25) is 5.02 Å². The van der Waals surface area contributed by atoms with Crippen LogP contribution in [-0.4, -0.2) is 57.0 Å². The minimum absolute atomic E-state index is 0.217. The van der Waals surface area contributed by atoms with Crippen molar-refractivity contribution in [1.29, 1.82) is 0 Å². The summed E-state index contributed by atoms with van der Waals surface area (Å²) < 4.78 is 1.84. The van der Waals surface area contributed by atoms with Gasteiger partial charge >= 0.3 is 0 Å². The predicted molar refractivity (Wildman–Crippen MR) is 116 cm³/mol. The van der Waals surface area contributed by atoms with E-state index in [2.05, 4.69) is 51.4 Å². The number of halogens is 1. The van der Waals surface area contributed by atoms with Gasteiger partial charge in [0, 0.05) is 57.1 Å². The number of para-hydroxylation sites is 1. The Morgan fingerprint density at radius 1 is 0.966 bits per heavy atom. The summed E-state index contributed by atoms with van der Waals surface area (Å²) in [6.07, 6.45) is 4.77. The second kappa shape index (κ2) is 9.55. The van der Waals surface area contributed by atoms with E-state index in [1.807, 2.05) is 35.1 Å². The smallest absolute Gasteiger partial charge is 0.0831 e. The molecule has 152 valence electrons. The molecule has 0 radical (unpaired) electrons. The highest BCUT2D eigenvalue weighted by Gasteiger charge is 2.26. The van der Waals surface area contributed by atoms with Crippen LogP contribution < -0.4 is 0 Å². The van der Waals surface area contributed by atoms with Gasteiger partial charge in [-0.15, -0.1) is 0 Å².